The molecule has 27 heavy (non-hydrogen) atoms. The summed E-state index contributed by atoms with van der Waals surface area (Å²) in [6.45, 7) is 6.29. The molecule has 0 saturated carbocycles. The van der Waals surface area contributed by atoms with E-state index in [0.717, 1.165) is 57.1 Å². The van der Waals surface area contributed by atoms with E-state index in [-0.39, 0.29) is 5.91 Å². The van der Waals surface area contributed by atoms with Gasteiger partial charge in [0, 0.05) is 58.0 Å². The molecule has 1 atom stereocenters. The molecule has 1 amide bonds. The second kappa shape index (κ2) is 7.80. The number of rotatable bonds is 4. The predicted octanol–water partition coefficient (Wildman–Crippen LogP) is 1.25. The Balaban J connectivity index is 1.40. The van der Waals surface area contributed by atoms with Crippen molar-refractivity contribution in [3.8, 4) is 0 Å². The normalized spacial score (nSPS) is 22.3. The van der Waals surface area contributed by atoms with Gasteiger partial charge in [-0.2, -0.15) is 5.10 Å². The average molecular weight is 371 g/mol. The number of amides is 1. The molecule has 2 aromatic rings. The van der Waals surface area contributed by atoms with Crippen molar-refractivity contribution in [3.63, 3.8) is 0 Å². The second-order valence-electron chi connectivity index (χ2n) is 7.81. The Labute approximate surface area is 160 Å². The minimum atomic E-state index is 0.203. The zero-order valence-electron chi connectivity index (χ0n) is 16.3. The maximum absolute atomic E-state index is 11.6. The van der Waals surface area contributed by atoms with Crippen LogP contribution >= 0.6 is 0 Å². The second-order valence-corrected chi connectivity index (χ2v) is 7.81. The van der Waals surface area contributed by atoms with Gasteiger partial charge in [0.1, 0.15) is 12.4 Å². The molecule has 2 aromatic heterocycles. The number of carbonyl (C=O) groups is 1. The van der Waals surface area contributed by atoms with E-state index in [1.807, 2.05) is 21.8 Å². The van der Waals surface area contributed by atoms with Gasteiger partial charge in [0.05, 0.1) is 0 Å². The Kier molecular flexibility index (Phi) is 5.24. The van der Waals surface area contributed by atoms with E-state index in [9.17, 15) is 4.79 Å². The third kappa shape index (κ3) is 3.90. The molecule has 0 spiro atoms. The van der Waals surface area contributed by atoms with Gasteiger partial charge < -0.3 is 9.47 Å². The summed E-state index contributed by atoms with van der Waals surface area (Å²) in [7, 11) is 2.07. The van der Waals surface area contributed by atoms with Crippen LogP contribution in [0.2, 0.25) is 0 Å². The zero-order chi connectivity index (χ0) is 18.8. The largest absolute Gasteiger partial charge is 0.343 e. The van der Waals surface area contributed by atoms with Crippen molar-refractivity contribution in [2.75, 3.05) is 26.2 Å². The number of nitrogens with zero attached hydrogens (tertiary/aromatic N) is 7. The molecule has 0 radical (unpaired) electrons. The maximum Gasteiger partial charge on any atom is 0.219 e. The van der Waals surface area contributed by atoms with E-state index >= 15 is 0 Å². The molecular weight excluding hydrogens is 342 g/mol. The number of aromatic nitrogens is 5. The van der Waals surface area contributed by atoms with Crippen molar-refractivity contribution in [2.24, 2.45) is 7.05 Å². The lowest BCUT2D eigenvalue weighted by molar-refractivity contribution is -0.130. The van der Waals surface area contributed by atoms with Crippen LogP contribution in [0.4, 0.5) is 0 Å². The lowest BCUT2D eigenvalue weighted by Gasteiger charge is -2.42. The van der Waals surface area contributed by atoms with E-state index in [1.165, 1.54) is 6.42 Å². The molecule has 2 fully saturated rings. The smallest absolute Gasteiger partial charge is 0.219 e. The number of likely N-dealkylation sites (tertiary alicyclic amines) is 2. The van der Waals surface area contributed by atoms with Crippen molar-refractivity contribution in [1.29, 1.82) is 0 Å². The zero-order valence-corrected chi connectivity index (χ0v) is 16.3. The molecule has 146 valence electrons. The van der Waals surface area contributed by atoms with Crippen molar-refractivity contribution in [2.45, 2.75) is 51.1 Å². The average Bonchev–Trinajstić information content (AvgIpc) is 3.33. The minimum Gasteiger partial charge on any atom is -0.343 e. The van der Waals surface area contributed by atoms with Crippen LogP contribution in [0.25, 0.3) is 0 Å². The Morgan fingerprint density at radius 2 is 2.00 bits per heavy atom. The highest BCUT2D eigenvalue weighted by Crippen LogP contribution is 2.29. The monoisotopic (exact) mass is 371 g/mol. The van der Waals surface area contributed by atoms with Crippen LogP contribution in [0.5, 0.6) is 0 Å². The Bertz CT molecular complexity index is 761. The summed E-state index contributed by atoms with van der Waals surface area (Å²) in [5.74, 6) is 2.66. The highest BCUT2D eigenvalue weighted by atomic mass is 16.2. The molecule has 0 aliphatic carbocycles. The van der Waals surface area contributed by atoms with Crippen molar-refractivity contribution < 1.29 is 4.79 Å². The van der Waals surface area contributed by atoms with Crippen LogP contribution in [-0.2, 0) is 18.4 Å². The molecule has 8 heteroatoms. The summed E-state index contributed by atoms with van der Waals surface area (Å²) < 4.78 is 4.03. The maximum atomic E-state index is 11.6. The van der Waals surface area contributed by atoms with Gasteiger partial charge in [-0.05, 0) is 38.3 Å². The molecule has 4 rings (SSSR count). The predicted molar refractivity (Wildman–Crippen MR) is 101 cm³/mol. The summed E-state index contributed by atoms with van der Waals surface area (Å²) in [4.78, 5) is 16.2. The first kappa shape index (κ1) is 18.2. The summed E-state index contributed by atoms with van der Waals surface area (Å²) in [6, 6.07) is 2.51. The van der Waals surface area contributed by atoms with Gasteiger partial charge in [-0.3, -0.25) is 14.4 Å². The fourth-order valence-corrected chi connectivity index (χ4v) is 4.50. The summed E-state index contributed by atoms with van der Waals surface area (Å²) in [6.07, 6.45) is 8.25. The molecular formula is C19H29N7O. The lowest BCUT2D eigenvalue weighted by atomic mass is 9.93. The first-order valence-corrected chi connectivity index (χ1v) is 9.97. The topological polar surface area (TPSA) is 72.1 Å². The van der Waals surface area contributed by atoms with Gasteiger partial charge in [0.2, 0.25) is 5.91 Å². The van der Waals surface area contributed by atoms with Crippen molar-refractivity contribution in [3.05, 3.63) is 30.1 Å². The first-order chi connectivity index (χ1) is 13.1. The standard InChI is InChI=1S/C19H29N7O/c1-15(27)24-11-6-17(7-12-24)25-9-3-5-16(13-25)19-22-21-18(23(19)2)14-26-10-4-8-20-26/h4,8,10,16-17H,3,5-7,9,11-14H2,1-2H3. The van der Waals surface area contributed by atoms with Crippen LogP contribution in [0.3, 0.4) is 0 Å². The molecule has 1 unspecified atom stereocenters. The van der Waals surface area contributed by atoms with Gasteiger partial charge in [-0.15, -0.1) is 10.2 Å². The van der Waals surface area contributed by atoms with E-state index in [1.54, 1.807) is 13.1 Å². The minimum absolute atomic E-state index is 0.203. The van der Waals surface area contributed by atoms with Crippen LogP contribution in [0.1, 0.15) is 50.2 Å². The first-order valence-electron chi connectivity index (χ1n) is 9.97. The fourth-order valence-electron chi connectivity index (χ4n) is 4.50. The molecule has 0 aromatic carbocycles. The number of hydrogen-bond acceptors (Lipinski definition) is 5. The fraction of sp³-hybridized carbons (Fsp3) is 0.684. The molecule has 4 heterocycles. The Hall–Kier alpha value is -2.22. The third-order valence-corrected chi connectivity index (χ3v) is 6.11. The van der Waals surface area contributed by atoms with Crippen LogP contribution in [-0.4, -0.2) is 72.5 Å². The molecule has 0 bridgehead atoms. The van der Waals surface area contributed by atoms with Crippen LogP contribution in [0.15, 0.2) is 18.5 Å². The SMILES string of the molecule is CC(=O)N1CCC(N2CCCC(c3nnc(Cn4cccn4)n3C)C2)CC1. The summed E-state index contributed by atoms with van der Waals surface area (Å²) in [5.41, 5.74) is 0. The van der Waals surface area contributed by atoms with Gasteiger partial charge >= 0.3 is 0 Å². The molecule has 0 N–H and O–H groups in total. The number of hydrogen-bond donors (Lipinski definition) is 0. The Morgan fingerprint density at radius 1 is 1.19 bits per heavy atom. The van der Waals surface area contributed by atoms with E-state index in [2.05, 4.69) is 31.8 Å². The highest BCUT2D eigenvalue weighted by Gasteiger charge is 2.32. The quantitative estimate of drug-likeness (QED) is 0.809. The van der Waals surface area contributed by atoms with Crippen LogP contribution in [0, 0.1) is 0 Å². The molecule has 2 aliphatic rings. The summed E-state index contributed by atoms with van der Waals surface area (Å²) in [5, 5.41) is 13.2. The van der Waals surface area contributed by atoms with Gasteiger partial charge in [-0.1, -0.05) is 0 Å². The molecule has 8 nitrogen and oxygen atoms in total. The number of piperidine rings is 2. The highest BCUT2D eigenvalue weighted by molar-refractivity contribution is 5.73. The Morgan fingerprint density at radius 3 is 2.70 bits per heavy atom. The van der Waals surface area contributed by atoms with Crippen LogP contribution < -0.4 is 0 Å². The van der Waals surface area contributed by atoms with E-state index in [0.29, 0.717) is 18.5 Å². The molecule has 2 saturated heterocycles. The lowest BCUT2D eigenvalue weighted by Crippen LogP contribution is -2.49. The van der Waals surface area contributed by atoms with Crippen molar-refractivity contribution >= 4 is 5.91 Å². The van der Waals surface area contributed by atoms with Gasteiger partial charge in [0.15, 0.2) is 5.82 Å². The van der Waals surface area contributed by atoms with E-state index < -0.39 is 0 Å². The summed E-state index contributed by atoms with van der Waals surface area (Å²) >= 11 is 0. The van der Waals surface area contributed by atoms with Gasteiger partial charge in [0.25, 0.3) is 0 Å². The van der Waals surface area contributed by atoms with Crippen molar-refractivity contribution in [1.82, 2.24) is 34.3 Å². The molecule has 2 aliphatic heterocycles. The number of carbonyl (C=O) groups excluding carboxylic acids is 1. The van der Waals surface area contributed by atoms with E-state index in [4.69, 9.17) is 0 Å². The van der Waals surface area contributed by atoms with Gasteiger partial charge in [-0.25, -0.2) is 0 Å². The third-order valence-electron chi connectivity index (χ3n) is 6.11.